The fourth-order valence-electron chi connectivity index (χ4n) is 0. The number of carbonyl (C=O) groups is 4. The van der Waals surface area contributed by atoms with Gasteiger partial charge in [0.1, 0.15) is 0 Å². The first-order valence-corrected chi connectivity index (χ1v) is 2.45. The van der Waals surface area contributed by atoms with Crippen LogP contribution in [-0.2, 0) is 0 Å². The summed E-state index contributed by atoms with van der Waals surface area (Å²) in [5.41, 5.74) is 0. The van der Waals surface area contributed by atoms with Crippen molar-refractivity contribution >= 4 is 132 Å². The number of carboxylic acid groups (broad SMARTS) is 8. The van der Waals surface area contributed by atoms with E-state index in [1.54, 1.807) is 0 Å². The van der Waals surface area contributed by atoms with Crippen molar-refractivity contribution in [1.82, 2.24) is 0 Å². The van der Waals surface area contributed by atoms with Gasteiger partial charge in [-0.15, -0.1) is 0 Å². The topological polar surface area (TPSA) is 253 Å². The standard InChI is InChI=1S/4CH2O3.Ca.3Mg/c4*2-1(3)4;;;;/h4*(H2,2,3,4);;;;/q;;;;4*+2/p-8. The Balaban J connectivity index is -0.0000000150. The second-order valence-corrected chi connectivity index (χ2v) is 1.00. The van der Waals surface area contributed by atoms with Crippen LogP contribution in [0.3, 0.4) is 0 Å². The summed E-state index contributed by atoms with van der Waals surface area (Å²) in [4.78, 5) is 33.3. The van der Waals surface area contributed by atoms with Gasteiger partial charge in [0.25, 0.3) is 0 Å². The third kappa shape index (κ3) is 14200. The van der Waals surface area contributed by atoms with E-state index in [9.17, 15) is 0 Å². The van der Waals surface area contributed by atoms with Crippen LogP contribution in [0.5, 0.6) is 0 Å². The van der Waals surface area contributed by atoms with E-state index in [1.807, 2.05) is 0 Å². The molecule has 0 unspecified atom stereocenters. The zero-order chi connectivity index (χ0) is 14.3. The molecule has 0 heterocycles. The number of carbonyl (C=O) groups excluding carboxylic acids is 4. The van der Waals surface area contributed by atoms with Crippen molar-refractivity contribution in [1.29, 1.82) is 0 Å². The summed E-state index contributed by atoms with van der Waals surface area (Å²) in [7, 11) is 0. The molecule has 0 bridgehead atoms. The minimum absolute atomic E-state index is 0. The minimum Gasteiger partial charge on any atom is -0.652 e. The molecule has 0 amide bonds. The fraction of sp³-hybridized carbons (Fsp3) is 0. The van der Waals surface area contributed by atoms with Gasteiger partial charge in [-0.25, -0.2) is 0 Å². The van der Waals surface area contributed by atoms with Gasteiger partial charge >= 0.3 is 107 Å². The van der Waals surface area contributed by atoms with Gasteiger partial charge in [0.2, 0.25) is 0 Å². The van der Waals surface area contributed by atoms with E-state index >= 15 is 0 Å². The summed E-state index contributed by atoms with van der Waals surface area (Å²) < 4.78 is 0. The van der Waals surface area contributed by atoms with Crippen LogP contribution < -0.4 is 40.9 Å². The molecule has 0 aliphatic heterocycles. The molecule has 0 rings (SSSR count). The van der Waals surface area contributed by atoms with E-state index in [2.05, 4.69) is 0 Å². The first kappa shape index (κ1) is 49.8. The van der Waals surface area contributed by atoms with Gasteiger partial charge in [-0.05, 0) is 24.6 Å². The molecule has 0 N–H and O–H groups in total. The molecule has 16 heteroatoms. The zero-order valence-electron chi connectivity index (χ0n) is 9.73. The predicted molar refractivity (Wildman–Crippen MR) is 44.6 cm³/mol. The number of hydrogen-bond donors (Lipinski definition) is 0. The van der Waals surface area contributed by atoms with Crippen molar-refractivity contribution in [3.05, 3.63) is 0 Å². The van der Waals surface area contributed by atoms with Crippen molar-refractivity contribution in [2.24, 2.45) is 0 Å². The van der Waals surface area contributed by atoms with Crippen LogP contribution >= 0.6 is 0 Å². The SMILES string of the molecule is O=C([O-])[O-].O=C([O-])[O-].O=C([O-])[O-].O=C([O-])[O-].[Ca+2].[Mg+2].[Mg+2].[Mg+2]. The van der Waals surface area contributed by atoms with E-state index in [4.69, 9.17) is 60.0 Å². The molecule has 0 aromatic carbocycles. The fourth-order valence-corrected chi connectivity index (χ4v) is 0. The van der Waals surface area contributed by atoms with Crippen molar-refractivity contribution in [3.63, 3.8) is 0 Å². The third-order valence-electron chi connectivity index (χ3n) is 0. The second kappa shape index (κ2) is 42.7. The normalized spacial score (nSPS) is 4.80. The molecule has 0 radical (unpaired) electrons. The predicted octanol–water partition coefficient (Wildman–Crippen LogP) is -11.3. The molecule has 0 saturated carbocycles. The second-order valence-electron chi connectivity index (χ2n) is 1.00. The maximum atomic E-state index is 8.33. The summed E-state index contributed by atoms with van der Waals surface area (Å²) in [6.07, 6.45) is -9.33. The summed E-state index contributed by atoms with van der Waals surface area (Å²) in [6, 6.07) is 0. The van der Waals surface area contributed by atoms with E-state index in [0.717, 1.165) is 0 Å². The molecule has 0 atom stereocenters. The van der Waals surface area contributed by atoms with Crippen LogP contribution in [0.4, 0.5) is 19.2 Å². The van der Waals surface area contributed by atoms with Crippen molar-refractivity contribution < 1.29 is 60.0 Å². The van der Waals surface area contributed by atoms with E-state index in [1.165, 1.54) is 0 Å². The Morgan fingerprint density at radius 2 is 0.400 bits per heavy atom. The van der Waals surface area contributed by atoms with Crippen molar-refractivity contribution in [2.75, 3.05) is 0 Å². The largest absolute Gasteiger partial charge is 2.00 e. The Labute approximate surface area is 189 Å². The van der Waals surface area contributed by atoms with Gasteiger partial charge in [0.15, 0.2) is 0 Å². The maximum absolute atomic E-state index is 8.33. The molecule has 0 saturated heterocycles. The maximum Gasteiger partial charge on any atom is 2.00 e. The van der Waals surface area contributed by atoms with E-state index in [0.29, 0.717) is 0 Å². The molecule has 0 fully saturated rings. The average Bonchev–Trinajstić information content (AvgIpc) is 1.76. The first-order chi connectivity index (χ1) is 6.93. The average molecular weight is 353 g/mol. The molecule has 20 heavy (non-hydrogen) atoms. The molecular weight excluding hydrogens is 353 g/mol. The Kier molecular flexibility index (Phi) is 106. The molecule has 96 valence electrons. The van der Waals surface area contributed by atoms with Crippen molar-refractivity contribution in [2.45, 2.75) is 0 Å². The summed E-state index contributed by atoms with van der Waals surface area (Å²) in [5.74, 6) is 0. The van der Waals surface area contributed by atoms with Gasteiger partial charge in [0.05, 0.1) is 0 Å². The Bertz CT molecular complexity index is 171. The van der Waals surface area contributed by atoms with Crippen LogP contribution in [0.25, 0.3) is 0 Å². The van der Waals surface area contributed by atoms with Gasteiger partial charge in [0, 0.05) is 0 Å². The first-order valence-electron chi connectivity index (χ1n) is 2.45. The number of rotatable bonds is 0. The van der Waals surface area contributed by atoms with Gasteiger partial charge in [-0.2, -0.15) is 0 Å². The monoisotopic (exact) mass is 352 g/mol. The Morgan fingerprint density at radius 1 is 0.400 bits per heavy atom. The molecule has 0 spiro atoms. The Hall–Kier alpha value is 0.638. The van der Waals surface area contributed by atoms with Crippen LogP contribution in [0.1, 0.15) is 0 Å². The van der Waals surface area contributed by atoms with Crippen LogP contribution in [0, 0.1) is 0 Å². The molecule has 0 aromatic rings. The summed E-state index contributed by atoms with van der Waals surface area (Å²) in [5, 5.41) is 66.7. The molecule has 0 aliphatic rings. The van der Waals surface area contributed by atoms with Crippen LogP contribution in [-0.4, -0.2) is 132 Å². The van der Waals surface area contributed by atoms with Crippen LogP contribution in [0.15, 0.2) is 0 Å². The number of hydrogen-bond acceptors (Lipinski definition) is 12. The Morgan fingerprint density at radius 3 is 0.400 bits per heavy atom. The summed E-state index contributed by atoms with van der Waals surface area (Å²) >= 11 is 0. The smallest absolute Gasteiger partial charge is 0.652 e. The van der Waals surface area contributed by atoms with Gasteiger partial charge in [-0.3, -0.25) is 0 Å². The van der Waals surface area contributed by atoms with Crippen molar-refractivity contribution in [3.8, 4) is 0 Å². The minimum atomic E-state index is -2.33. The molecule has 12 nitrogen and oxygen atoms in total. The van der Waals surface area contributed by atoms with Gasteiger partial charge in [-0.1, -0.05) is 0 Å². The third-order valence-corrected chi connectivity index (χ3v) is 0. The van der Waals surface area contributed by atoms with Crippen LogP contribution in [0.2, 0.25) is 0 Å². The zero-order valence-corrected chi connectivity index (χ0v) is 16.2. The summed E-state index contributed by atoms with van der Waals surface area (Å²) in [6.45, 7) is 0. The van der Waals surface area contributed by atoms with E-state index < -0.39 is 24.6 Å². The molecule has 0 aromatic heterocycles. The molecular formula is C4CaMg3O12. The van der Waals surface area contributed by atoms with E-state index in [-0.39, 0.29) is 107 Å². The quantitative estimate of drug-likeness (QED) is 0.368. The van der Waals surface area contributed by atoms with Gasteiger partial charge < -0.3 is 60.0 Å². The molecule has 0 aliphatic carbocycles.